The van der Waals surface area contributed by atoms with Crippen molar-refractivity contribution < 1.29 is 8.42 Å². The van der Waals surface area contributed by atoms with Gasteiger partial charge < -0.3 is 4.90 Å². The van der Waals surface area contributed by atoms with Gasteiger partial charge >= 0.3 is 0 Å². The molecule has 4 rings (SSSR count). The maximum absolute atomic E-state index is 11.8. The van der Waals surface area contributed by atoms with Crippen molar-refractivity contribution in [1.82, 2.24) is 25.2 Å². The number of sulfone groups is 1. The Morgan fingerprint density at radius 3 is 2.54 bits per heavy atom. The first-order valence-corrected chi connectivity index (χ1v) is 11.7. The molecule has 144 valence electrons. The molecule has 0 amide bonds. The summed E-state index contributed by atoms with van der Waals surface area (Å²) >= 11 is 2.75. The van der Waals surface area contributed by atoms with Gasteiger partial charge in [0.25, 0.3) is 0 Å². The highest BCUT2D eigenvalue weighted by Crippen LogP contribution is 2.34. The van der Waals surface area contributed by atoms with Crippen molar-refractivity contribution >= 4 is 48.8 Å². The predicted molar refractivity (Wildman–Crippen MR) is 110 cm³/mol. The third-order valence-corrected chi connectivity index (χ3v) is 7.12. The van der Waals surface area contributed by atoms with Gasteiger partial charge in [0.15, 0.2) is 14.2 Å². The number of tetrazole rings is 1. The summed E-state index contributed by atoms with van der Waals surface area (Å²) < 4.78 is 26.7. The zero-order valence-electron chi connectivity index (χ0n) is 15.3. The molecular weight excluding hydrogens is 416 g/mol. The fraction of sp³-hybridized carbons (Fsp3) is 0.176. The van der Waals surface area contributed by atoms with Crippen molar-refractivity contribution in [3.8, 4) is 5.69 Å². The van der Waals surface area contributed by atoms with Crippen molar-refractivity contribution in [3.63, 3.8) is 0 Å². The first-order chi connectivity index (χ1) is 13.3. The first kappa shape index (κ1) is 18.8. The average Bonchev–Trinajstić information content (AvgIpc) is 3.26. The summed E-state index contributed by atoms with van der Waals surface area (Å²) in [5, 5.41) is 12.5. The van der Waals surface area contributed by atoms with Crippen LogP contribution < -0.4 is 4.90 Å². The zero-order valence-corrected chi connectivity index (χ0v) is 17.7. The highest BCUT2D eigenvalue weighted by atomic mass is 32.2. The van der Waals surface area contributed by atoms with Crippen molar-refractivity contribution in [1.29, 1.82) is 0 Å². The van der Waals surface area contributed by atoms with E-state index in [2.05, 4.69) is 20.5 Å². The Labute approximate surface area is 170 Å². The Morgan fingerprint density at radius 1 is 1.11 bits per heavy atom. The van der Waals surface area contributed by atoms with Gasteiger partial charge in [0, 0.05) is 26.0 Å². The molecule has 0 aliphatic rings. The standard InChI is InChI=1S/C17H16N6O2S3/c1-22(2)11-4-6-12(7-5-11)23-16(19-20-21-23)27-17-18-14-9-8-13(28(3,24)25)10-15(14)26-17/h4-10H,1-3H3. The molecule has 0 aliphatic heterocycles. The van der Waals surface area contributed by atoms with Gasteiger partial charge in [0.05, 0.1) is 20.8 Å². The Kier molecular flexibility index (Phi) is 4.81. The van der Waals surface area contributed by atoms with Crippen molar-refractivity contribution in [2.45, 2.75) is 14.4 Å². The highest BCUT2D eigenvalue weighted by Gasteiger charge is 2.15. The summed E-state index contributed by atoms with van der Waals surface area (Å²) in [6, 6.07) is 12.8. The largest absolute Gasteiger partial charge is 0.378 e. The minimum atomic E-state index is -3.26. The molecule has 0 aliphatic carbocycles. The van der Waals surface area contributed by atoms with E-state index in [1.165, 1.54) is 29.4 Å². The Morgan fingerprint density at radius 2 is 1.86 bits per heavy atom. The molecule has 0 saturated carbocycles. The van der Waals surface area contributed by atoms with Crippen molar-refractivity contribution in [3.05, 3.63) is 42.5 Å². The van der Waals surface area contributed by atoms with Crippen LogP contribution in [0.2, 0.25) is 0 Å². The number of fused-ring (bicyclic) bond motifs is 1. The van der Waals surface area contributed by atoms with Crippen molar-refractivity contribution in [2.75, 3.05) is 25.3 Å². The SMILES string of the molecule is CN(C)c1ccc(-n2nnnc2Sc2nc3ccc(S(C)(=O)=O)cc3s2)cc1. The van der Waals surface area contributed by atoms with Crippen LogP contribution >= 0.6 is 23.1 Å². The van der Waals surface area contributed by atoms with Crippen molar-refractivity contribution in [2.24, 2.45) is 0 Å². The van der Waals surface area contributed by atoms with Crippen LogP contribution in [0.1, 0.15) is 0 Å². The zero-order chi connectivity index (χ0) is 19.9. The Hall–Kier alpha value is -2.50. The number of nitrogens with zero attached hydrogens (tertiary/aromatic N) is 6. The molecule has 28 heavy (non-hydrogen) atoms. The quantitative estimate of drug-likeness (QED) is 0.475. The lowest BCUT2D eigenvalue weighted by atomic mass is 10.3. The fourth-order valence-electron chi connectivity index (χ4n) is 2.53. The number of benzene rings is 2. The van der Waals surface area contributed by atoms with Gasteiger partial charge in [0.1, 0.15) is 0 Å². The van der Waals surface area contributed by atoms with Gasteiger partial charge in [-0.05, 0) is 64.7 Å². The lowest BCUT2D eigenvalue weighted by Crippen LogP contribution is -2.08. The second kappa shape index (κ2) is 7.15. The van der Waals surface area contributed by atoms with Crippen LogP contribution in [0.15, 0.2) is 56.9 Å². The Bertz CT molecular complexity index is 1250. The van der Waals surface area contributed by atoms with E-state index in [4.69, 9.17) is 0 Å². The molecule has 2 aromatic carbocycles. The number of thiazole rings is 1. The summed E-state index contributed by atoms with van der Waals surface area (Å²) in [5.74, 6) is 0. The van der Waals surface area contributed by atoms with Gasteiger partial charge in [-0.1, -0.05) is 0 Å². The van der Waals surface area contributed by atoms with Crippen LogP contribution in [0.5, 0.6) is 0 Å². The summed E-state index contributed by atoms with van der Waals surface area (Å²) in [6.07, 6.45) is 1.20. The van der Waals surface area contributed by atoms with Gasteiger partial charge in [-0.3, -0.25) is 0 Å². The number of hydrogen-bond acceptors (Lipinski definition) is 9. The molecule has 0 saturated heterocycles. The van der Waals surface area contributed by atoms with Crippen LogP contribution in [0.25, 0.3) is 15.9 Å². The average molecular weight is 433 g/mol. The van der Waals surface area contributed by atoms with E-state index in [0.29, 0.717) is 5.16 Å². The molecular formula is C17H16N6O2S3. The summed E-state index contributed by atoms with van der Waals surface area (Å²) in [7, 11) is 0.708. The van der Waals surface area contributed by atoms with E-state index in [9.17, 15) is 8.42 Å². The molecule has 8 nitrogen and oxygen atoms in total. The van der Waals surface area contributed by atoms with Crippen LogP contribution in [0.4, 0.5) is 5.69 Å². The molecule has 2 heterocycles. The summed E-state index contributed by atoms with van der Waals surface area (Å²) in [5.41, 5.74) is 2.67. The topological polar surface area (TPSA) is 93.9 Å². The second-order valence-corrected chi connectivity index (χ2v) is 10.5. The molecule has 11 heteroatoms. The maximum atomic E-state index is 11.8. The van der Waals surface area contributed by atoms with E-state index in [0.717, 1.165) is 25.9 Å². The van der Waals surface area contributed by atoms with Gasteiger partial charge in [-0.15, -0.1) is 16.4 Å². The van der Waals surface area contributed by atoms with E-state index in [1.54, 1.807) is 22.9 Å². The van der Waals surface area contributed by atoms with Crippen LogP contribution in [0, 0.1) is 0 Å². The molecule has 4 aromatic rings. The number of anilines is 1. The van der Waals surface area contributed by atoms with E-state index in [-0.39, 0.29) is 4.90 Å². The third-order valence-electron chi connectivity index (χ3n) is 4.00. The van der Waals surface area contributed by atoms with Gasteiger partial charge in [0.2, 0.25) is 5.16 Å². The van der Waals surface area contributed by atoms with Crippen LogP contribution in [0.3, 0.4) is 0 Å². The van der Waals surface area contributed by atoms with Crippen LogP contribution in [-0.4, -0.2) is 54.0 Å². The molecule has 0 radical (unpaired) electrons. The molecule has 0 spiro atoms. The normalized spacial score (nSPS) is 11.8. The second-order valence-electron chi connectivity index (χ2n) is 6.27. The summed E-state index contributed by atoms with van der Waals surface area (Å²) in [4.78, 5) is 6.86. The monoisotopic (exact) mass is 432 g/mol. The molecule has 0 atom stereocenters. The molecule has 0 unspecified atom stereocenters. The smallest absolute Gasteiger partial charge is 0.221 e. The lowest BCUT2D eigenvalue weighted by Gasteiger charge is -2.12. The fourth-order valence-corrected chi connectivity index (χ4v) is 5.26. The molecule has 2 aromatic heterocycles. The van der Waals surface area contributed by atoms with E-state index in [1.807, 2.05) is 43.3 Å². The van der Waals surface area contributed by atoms with Gasteiger partial charge in [-0.2, -0.15) is 4.68 Å². The highest BCUT2D eigenvalue weighted by molar-refractivity contribution is 8.01. The third kappa shape index (κ3) is 3.73. The van der Waals surface area contributed by atoms with Gasteiger partial charge in [-0.25, -0.2) is 13.4 Å². The molecule has 0 bridgehead atoms. The van der Waals surface area contributed by atoms with E-state index >= 15 is 0 Å². The number of hydrogen-bond donors (Lipinski definition) is 0. The van der Waals surface area contributed by atoms with E-state index < -0.39 is 9.84 Å². The Balaban J connectivity index is 1.64. The summed E-state index contributed by atoms with van der Waals surface area (Å²) in [6.45, 7) is 0. The maximum Gasteiger partial charge on any atom is 0.221 e. The molecule has 0 N–H and O–H groups in total. The lowest BCUT2D eigenvalue weighted by molar-refractivity contribution is 0.602. The minimum Gasteiger partial charge on any atom is -0.378 e. The predicted octanol–water partition coefficient (Wildman–Crippen LogP) is 2.89. The first-order valence-electron chi connectivity index (χ1n) is 8.16. The van der Waals surface area contributed by atoms with Crippen LogP contribution in [-0.2, 0) is 9.84 Å². The number of aromatic nitrogens is 5. The molecule has 0 fully saturated rings. The minimum absolute atomic E-state index is 0.283. The number of rotatable bonds is 5.